The van der Waals surface area contributed by atoms with Gasteiger partial charge in [0.15, 0.2) is 5.70 Å². The molecule has 108 valence electrons. The van der Waals surface area contributed by atoms with Crippen molar-refractivity contribution in [1.82, 2.24) is 5.32 Å². The largest absolute Gasteiger partial charge is 0.497 e. The maximum absolute atomic E-state index is 11.2. The first-order valence-corrected chi connectivity index (χ1v) is 6.80. The van der Waals surface area contributed by atoms with E-state index in [1.54, 1.807) is 14.2 Å². The Hall–Kier alpha value is -2.15. The predicted octanol–water partition coefficient (Wildman–Crippen LogP) is 1.37. The number of thioether (sulfide) groups is 1. The molecular weight excluding hydrogens is 276 g/mol. The Balaban J connectivity index is 2.61. The normalized spacial score (nSPS) is 11.3. The second-order valence-electron chi connectivity index (χ2n) is 3.64. The highest BCUT2D eigenvalue weighted by atomic mass is 32.2. The molecule has 0 spiro atoms. The van der Waals surface area contributed by atoms with Crippen LogP contribution in [0.4, 0.5) is 5.69 Å². The molecule has 20 heavy (non-hydrogen) atoms. The van der Waals surface area contributed by atoms with Gasteiger partial charge in [0.25, 0.3) is 5.91 Å². The molecule has 0 fully saturated rings. The first kappa shape index (κ1) is 15.9. The zero-order valence-electron chi connectivity index (χ0n) is 11.5. The summed E-state index contributed by atoms with van der Waals surface area (Å²) in [6.07, 6.45) is 0. The molecule has 0 saturated heterocycles. The fraction of sp³-hybridized carbons (Fsp3) is 0.231. The van der Waals surface area contributed by atoms with Gasteiger partial charge in [-0.3, -0.25) is 9.79 Å². The quantitative estimate of drug-likeness (QED) is 0.383. The minimum absolute atomic E-state index is 0.133. The van der Waals surface area contributed by atoms with Crippen LogP contribution in [0.2, 0.25) is 0 Å². The molecule has 0 heterocycles. The fourth-order valence-corrected chi connectivity index (χ4v) is 2.25. The van der Waals surface area contributed by atoms with Gasteiger partial charge < -0.3 is 21.1 Å². The van der Waals surface area contributed by atoms with E-state index in [4.69, 9.17) is 10.5 Å². The number of rotatable bonds is 8. The van der Waals surface area contributed by atoms with Crippen LogP contribution in [0.1, 0.15) is 0 Å². The summed E-state index contributed by atoms with van der Waals surface area (Å²) >= 11 is 1.38. The van der Waals surface area contributed by atoms with E-state index in [0.29, 0.717) is 10.9 Å². The molecule has 0 aliphatic rings. The van der Waals surface area contributed by atoms with Gasteiger partial charge in [0.1, 0.15) is 10.8 Å². The van der Waals surface area contributed by atoms with Gasteiger partial charge in [-0.2, -0.15) is 0 Å². The summed E-state index contributed by atoms with van der Waals surface area (Å²) in [6, 6.07) is 7.54. The summed E-state index contributed by atoms with van der Waals surface area (Å²) in [7, 11) is 3.32. The van der Waals surface area contributed by atoms with Gasteiger partial charge in [0, 0.05) is 12.7 Å². The Morgan fingerprint density at radius 1 is 1.45 bits per heavy atom. The zero-order chi connectivity index (χ0) is 15.0. The van der Waals surface area contributed by atoms with E-state index in [9.17, 15) is 4.79 Å². The van der Waals surface area contributed by atoms with Crippen molar-refractivity contribution >= 4 is 30.1 Å². The SMILES string of the molecule is C=N/C(C(N)=O)=C(/NC)SCNc1ccc(OC)cc1. The van der Waals surface area contributed by atoms with Crippen LogP contribution in [-0.2, 0) is 4.79 Å². The van der Waals surface area contributed by atoms with E-state index < -0.39 is 5.91 Å². The van der Waals surface area contributed by atoms with E-state index in [2.05, 4.69) is 22.3 Å². The summed E-state index contributed by atoms with van der Waals surface area (Å²) < 4.78 is 5.08. The summed E-state index contributed by atoms with van der Waals surface area (Å²) in [4.78, 5) is 14.8. The molecule has 1 rings (SSSR count). The summed E-state index contributed by atoms with van der Waals surface area (Å²) in [6.45, 7) is 3.34. The predicted molar refractivity (Wildman–Crippen MR) is 83.9 cm³/mol. The van der Waals surface area contributed by atoms with Crippen LogP contribution in [0, 0.1) is 0 Å². The molecule has 0 atom stereocenters. The fourth-order valence-electron chi connectivity index (χ4n) is 1.42. The van der Waals surface area contributed by atoms with Crippen molar-refractivity contribution in [3.63, 3.8) is 0 Å². The molecule has 0 radical (unpaired) electrons. The number of methoxy groups -OCH3 is 1. The topological polar surface area (TPSA) is 88.7 Å². The molecule has 0 bridgehead atoms. The standard InChI is InChI=1S/C13H18N4O2S/c1-15-11(12(14)18)13(16-2)20-8-17-9-4-6-10(19-3)7-5-9/h4-7,16-17H,1,8H2,2-3H3,(H2,14,18)/b13-11-. The van der Waals surface area contributed by atoms with Gasteiger partial charge in [-0.1, -0.05) is 11.8 Å². The van der Waals surface area contributed by atoms with Gasteiger partial charge in [-0.05, 0) is 31.0 Å². The first-order valence-electron chi connectivity index (χ1n) is 5.81. The highest BCUT2D eigenvalue weighted by Crippen LogP contribution is 2.20. The molecule has 7 heteroatoms. The van der Waals surface area contributed by atoms with Crippen molar-refractivity contribution in [3.05, 3.63) is 35.0 Å². The molecule has 0 aromatic heterocycles. The number of amides is 1. The Kier molecular flexibility index (Phi) is 6.45. The zero-order valence-corrected chi connectivity index (χ0v) is 12.3. The number of anilines is 1. The number of ether oxygens (including phenoxy) is 1. The first-order chi connectivity index (χ1) is 9.62. The Morgan fingerprint density at radius 3 is 2.55 bits per heavy atom. The van der Waals surface area contributed by atoms with Crippen LogP contribution in [0.5, 0.6) is 5.75 Å². The highest BCUT2D eigenvalue weighted by molar-refractivity contribution is 8.03. The maximum Gasteiger partial charge on any atom is 0.269 e. The molecule has 0 aliphatic carbocycles. The number of primary amides is 1. The van der Waals surface area contributed by atoms with Gasteiger partial charge in [-0.15, -0.1) is 0 Å². The lowest BCUT2D eigenvalue weighted by Gasteiger charge is -2.11. The van der Waals surface area contributed by atoms with E-state index in [-0.39, 0.29) is 5.70 Å². The number of benzene rings is 1. The van der Waals surface area contributed by atoms with Crippen molar-refractivity contribution in [2.75, 3.05) is 25.4 Å². The lowest BCUT2D eigenvalue weighted by atomic mass is 10.3. The molecule has 0 aliphatic heterocycles. The van der Waals surface area contributed by atoms with Crippen LogP contribution < -0.4 is 21.1 Å². The van der Waals surface area contributed by atoms with Gasteiger partial charge in [-0.25, -0.2) is 0 Å². The average molecular weight is 294 g/mol. The third-order valence-corrected chi connectivity index (χ3v) is 3.39. The monoisotopic (exact) mass is 294 g/mol. The second kappa shape index (κ2) is 8.11. The molecule has 1 amide bonds. The van der Waals surface area contributed by atoms with Crippen LogP contribution in [0.25, 0.3) is 0 Å². The number of nitrogens with zero attached hydrogens (tertiary/aromatic N) is 1. The summed E-state index contributed by atoms with van der Waals surface area (Å²) in [5.41, 5.74) is 6.30. The smallest absolute Gasteiger partial charge is 0.269 e. The lowest BCUT2D eigenvalue weighted by molar-refractivity contribution is -0.114. The van der Waals surface area contributed by atoms with Gasteiger partial charge in [0.05, 0.1) is 13.0 Å². The van der Waals surface area contributed by atoms with Crippen molar-refractivity contribution in [2.24, 2.45) is 10.7 Å². The molecule has 0 saturated carbocycles. The minimum atomic E-state index is -0.610. The number of nitrogens with two attached hydrogens (primary N) is 1. The van der Waals surface area contributed by atoms with E-state index in [1.165, 1.54) is 11.8 Å². The number of carbonyl (C=O) groups excluding carboxylic acids is 1. The van der Waals surface area contributed by atoms with Crippen LogP contribution >= 0.6 is 11.8 Å². The number of carbonyl (C=O) groups is 1. The summed E-state index contributed by atoms with van der Waals surface area (Å²) in [5, 5.41) is 6.66. The number of nitrogens with one attached hydrogen (secondary N) is 2. The Labute approximate surface area is 122 Å². The minimum Gasteiger partial charge on any atom is -0.497 e. The van der Waals surface area contributed by atoms with Crippen molar-refractivity contribution in [3.8, 4) is 5.75 Å². The molecule has 1 aromatic rings. The Bertz CT molecular complexity index is 500. The molecule has 6 nitrogen and oxygen atoms in total. The number of hydrogen-bond acceptors (Lipinski definition) is 6. The van der Waals surface area contributed by atoms with Crippen LogP contribution in [-0.4, -0.2) is 32.7 Å². The molecule has 0 unspecified atom stereocenters. The Morgan fingerprint density at radius 2 is 2.10 bits per heavy atom. The third-order valence-electron chi connectivity index (χ3n) is 2.42. The average Bonchev–Trinajstić information content (AvgIpc) is 2.46. The second-order valence-corrected chi connectivity index (χ2v) is 4.63. The highest BCUT2D eigenvalue weighted by Gasteiger charge is 2.10. The van der Waals surface area contributed by atoms with Crippen molar-refractivity contribution in [2.45, 2.75) is 0 Å². The van der Waals surface area contributed by atoms with E-state index >= 15 is 0 Å². The van der Waals surface area contributed by atoms with Crippen LogP contribution in [0.3, 0.4) is 0 Å². The number of hydrogen-bond donors (Lipinski definition) is 3. The molecule has 4 N–H and O–H groups in total. The third kappa shape index (κ3) is 4.51. The van der Waals surface area contributed by atoms with Gasteiger partial charge >= 0.3 is 0 Å². The number of aliphatic imine (C=N–C) groups is 1. The molecular formula is C13H18N4O2S. The lowest BCUT2D eigenvalue weighted by Crippen LogP contribution is -2.19. The maximum atomic E-state index is 11.2. The van der Waals surface area contributed by atoms with Crippen molar-refractivity contribution in [1.29, 1.82) is 0 Å². The van der Waals surface area contributed by atoms with E-state index in [0.717, 1.165) is 11.4 Å². The molecule has 1 aromatic carbocycles. The van der Waals surface area contributed by atoms with Crippen molar-refractivity contribution < 1.29 is 9.53 Å². The van der Waals surface area contributed by atoms with Crippen LogP contribution in [0.15, 0.2) is 40.0 Å². The summed E-state index contributed by atoms with van der Waals surface area (Å²) in [5.74, 6) is 0.738. The van der Waals surface area contributed by atoms with Gasteiger partial charge in [0.2, 0.25) is 0 Å². The van der Waals surface area contributed by atoms with E-state index in [1.807, 2.05) is 24.3 Å².